The summed E-state index contributed by atoms with van der Waals surface area (Å²) in [6.45, 7) is 4.93. The molecule has 1 saturated carbocycles. The Labute approximate surface area is 233 Å². The number of ether oxygens (including phenoxy) is 1. The summed E-state index contributed by atoms with van der Waals surface area (Å²) in [6, 6.07) is 16.4. The van der Waals surface area contributed by atoms with E-state index in [1.165, 1.54) is 4.31 Å². The van der Waals surface area contributed by atoms with Crippen molar-refractivity contribution in [3.05, 3.63) is 60.2 Å². The van der Waals surface area contributed by atoms with Crippen LogP contribution in [0.4, 0.5) is 5.69 Å². The summed E-state index contributed by atoms with van der Waals surface area (Å²) in [5, 5.41) is 3.16. The first-order valence-corrected chi connectivity index (χ1v) is 15.9. The summed E-state index contributed by atoms with van der Waals surface area (Å²) in [5.41, 5.74) is 1.62. The van der Waals surface area contributed by atoms with Crippen LogP contribution < -0.4 is 14.4 Å². The van der Waals surface area contributed by atoms with Crippen molar-refractivity contribution < 1.29 is 22.7 Å². The first kappa shape index (κ1) is 30.5. The number of sulfonamides is 1. The van der Waals surface area contributed by atoms with Gasteiger partial charge in [-0.25, -0.2) is 8.42 Å². The molecule has 214 valence electrons. The second-order valence-electron chi connectivity index (χ2n) is 10.1. The molecule has 1 aliphatic carbocycles. The van der Waals surface area contributed by atoms with Crippen LogP contribution in [-0.2, 0) is 26.0 Å². The number of rotatable bonds is 15. The number of hydrogen-bond acceptors (Lipinski definition) is 5. The highest BCUT2D eigenvalue weighted by Gasteiger charge is 2.30. The van der Waals surface area contributed by atoms with Crippen LogP contribution >= 0.6 is 0 Å². The summed E-state index contributed by atoms with van der Waals surface area (Å²) in [5.74, 6) is 0.429. The average molecular weight is 558 g/mol. The predicted octanol–water partition coefficient (Wildman–Crippen LogP) is 4.54. The van der Waals surface area contributed by atoms with Crippen LogP contribution in [0.25, 0.3) is 0 Å². The molecule has 2 aromatic carbocycles. The number of amides is 2. The number of benzene rings is 2. The highest BCUT2D eigenvalue weighted by Crippen LogP contribution is 2.23. The second-order valence-corrected chi connectivity index (χ2v) is 12.0. The highest BCUT2D eigenvalue weighted by molar-refractivity contribution is 7.92. The molecular formula is C30H43N3O5S. The normalized spacial score (nSPS) is 14.5. The fourth-order valence-electron chi connectivity index (χ4n) is 5.14. The van der Waals surface area contributed by atoms with Crippen molar-refractivity contribution in [3.8, 4) is 5.75 Å². The van der Waals surface area contributed by atoms with E-state index >= 15 is 0 Å². The van der Waals surface area contributed by atoms with Crippen molar-refractivity contribution >= 4 is 27.5 Å². The molecule has 3 rings (SSSR count). The Kier molecular flexibility index (Phi) is 11.7. The third kappa shape index (κ3) is 9.27. The van der Waals surface area contributed by atoms with Crippen molar-refractivity contribution in [2.45, 2.75) is 77.3 Å². The lowest BCUT2D eigenvalue weighted by Crippen LogP contribution is -2.52. The smallest absolute Gasteiger partial charge is 0.243 e. The summed E-state index contributed by atoms with van der Waals surface area (Å²) < 4.78 is 31.9. The fraction of sp³-hybridized carbons (Fsp3) is 0.533. The van der Waals surface area contributed by atoms with Crippen LogP contribution in [0, 0.1) is 0 Å². The van der Waals surface area contributed by atoms with Gasteiger partial charge in [-0.05, 0) is 68.9 Å². The van der Waals surface area contributed by atoms with Gasteiger partial charge in [0.25, 0.3) is 0 Å². The Bertz CT molecular complexity index is 1150. The fourth-order valence-corrected chi connectivity index (χ4v) is 6.11. The zero-order valence-corrected chi connectivity index (χ0v) is 24.3. The van der Waals surface area contributed by atoms with E-state index in [-0.39, 0.29) is 30.8 Å². The van der Waals surface area contributed by atoms with E-state index in [4.69, 9.17) is 4.74 Å². The molecule has 0 heterocycles. The lowest BCUT2D eigenvalue weighted by atomic mass is 10.1. The number of carbonyl (C=O) groups is 2. The Morgan fingerprint density at radius 2 is 1.67 bits per heavy atom. The zero-order valence-electron chi connectivity index (χ0n) is 23.5. The molecule has 0 saturated heterocycles. The highest BCUT2D eigenvalue weighted by atomic mass is 32.2. The van der Waals surface area contributed by atoms with Crippen molar-refractivity contribution in [3.63, 3.8) is 0 Å². The maximum absolute atomic E-state index is 13.6. The van der Waals surface area contributed by atoms with Crippen molar-refractivity contribution in [1.29, 1.82) is 0 Å². The lowest BCUT2D eigenvalue weighted by molar-refractivity contribution is -0.141. The topological polar surface area (TPSA) is 96.0 Å². The molecule has 1 fully saturated rings. The molecule has 9 heteroatoms. The second kappa shape index (κ2) is 14.9. The van der Waals surface area contributed by atoms with Crippen LogP contribution in [0.15, 0.2) is 54.6 Å². The Morgan fingerprint density at radius 3 is 2.26 bits per heavy atom. The molecule has 0 radical (unpaired) electrons. The molecule has 2 amide bonds. The first-order chi connectivity index (χ1) is 18.7. The third-order valence-electron chi connectivity index (χ3n) is 7.16. The Balaban J connectivity index is 1.70. The van der Waals surface area contributed by atoms with E-state index in [0.29, 0.717) is 43.9 Å². The van der Waals surface area contributed by atoms with Crippen LogP contribution in [0.2, 0.25) is 0 Å². The predicted molar refractivity (Wildman–Crippen MR) is 155 cm³/mol. The summed E-state index contributed by atoms with van der Waals surface area (Å²) in [6.07, 6.45) is 6.99. The molecule has 0 aromatic heterocycles. The van der Waals surface area contributed by atoms with E-state index in [9.17, 15) is 18.0 Å². The molecule has 2 aromatic rings. The van der Waals surface area contributed by atoms with Crippen LogP contribution in [-0.4, -0.2) is 63.2 Å². The SMILES string of the molecule is CCOc1ccc(N(CCCC(=O)N(CCc2ccccc2)[C@H](CC)C(=O)NC2CCCC2)S(C)(=O)=O)cc1. The summed E-state index contributed by atoms with van der Waals surface area (Å²) in [7, 11) is -3.55. The molecule has 0 aliphatic heterocycles. The van der Waals surface area contributed by atoms with Crippen LogP contribution in [0.5, 0.6) is 5.75 Å². The zero-order chi connectivity index (χ0) is 28.3. The minimum atomic E-state index is -3.55. The van der Waals surface area contributed by atoms with Gasteiger partial charge >= 0.3 is 0 Å². The molecule has 0 bridgehead atoms. The Hall–Kier alpha value is -3.07. The molecule has 1 atom stereocenters. The van der Waals surface area contributed by atoms with Gasteiger partial charge in [-0.2, -0.15) is 0 Å². The van der Waals surface area contributed by atoms with Gasteiger partial charge in [0.2, 0.25) is 21.8 Å². The van der Waals surface area contributed by atoms with E-state index in [2.05, 4.69) is 5.32 Å². The maximum Gasteiger partial charge on any atom is 0.243 e. The Morgan fingerprint density at radius 1 is 1.00 bits per heavy atom. The van der Waals surface area contributed by atoms with Gasteiger partial charge in [0.1, 0.15) is 11.8 Å². The molecule has 1 aliphatic rings. The number of hydrogen-bond donors (Lipinski definition) is 1. The van der Waals surface area contributed by atoms with Gasteiger partial charge in [-0.3, -0.25) is 13.9 Å². The standard InChI is InChI=1S/C30H43N3O5S/c1-4-28(30(35)31-25-14-9-10-15-25)32(23-21-24-12-7-6-8-13-24)29(34)16-11-22-33(39(3,36)37)26-17-19-27(20-18-26)38-5-2/h6-8,12-13,17-20,25,28H,4-5,9-11,14-16,21-23H2,1-3H3,(H,31,35)/t28-/m1/s1. The van der Waals surface area contributed by atoms with Crippen LogP contribution in [0.3, 0.4) is 0 Å². The quantitative estimate of drug-likeness (QED) is 0.347. The van der Waals surface area contributed by atoms with Gasteiger partial charge in [-0.15, -0.1) is 0 Å². The largest absolute Gasteiger partial charge is 0.494 e. The van der Waals surface area contributed by atoms with Crippen molar-refractivity contribution in [2.75, 3.05) is 30.3 Å². The number of anilines is 1. The van der Waals surface area contributed by atoms with Gasteiger partial charge < -0.3 is 15.0 Å². The molecule has 8 nitrogen and oxygen atoms in total. The monoisotopic (exact) mass is 557 g/mol. The van der Waals surface area contributed by atoms with Gasteiger partial charge in [0.05, 0.1) is 18.6 Å². The number of nitrogens with one attached hydrogen (secondary N) is 1. The third-order valence-corrected chi connectivity index (χ3v) is 8.35. The molecule has 39 heavy (non-hydrogen) atoms. The van der Waals surface area contributed by atoms with E-state index in [1.807, 2.05) is 44.2 Å². The van der Waals surface area contributed by atoms with E-state index < -0.39 is 16.1 Å². The maximum atomic E-state index is 13.6. The minimum absolute atomic E-state index is 0.0991. The minimum Gasteiger partial charge on any atom is -0.494 e. The van der Waals surface area contributed by atoms with Crippen LogP contribution in [0.1, 0.15) is 64.4 Å². The number of carbonyl (C=O) groups excluding carboxylic acids is 2. The van der Waals surface area contributed by atoms with Crippen molar-refractivity contribution in [2.24, 2.45) is 0 Å². The average Bonchev–Trinajstić information content (AvgIpc) is 3.42. The molecular weight excluding hydrogens is 514 g/mol. The molecule has 1 N–H and O–H groups in total. The first-order valence-electron chi connectivity index (χ1n) is 14.1. The van der Waals surface area contributed by atoms with Gasteiger partial charge in [0.15, 0.2) is 0 Å². The number of nitrogens with zero attached hydrogens (tertiary/aromatic N) is 2. The summed E-state index contributed by atoms with van der Waals surface area (Å²) >= 11 is 0. The van der Waals surface area contributed by atoms with Crippen molar-refractivity contribution in [1.82, 2.24) is 10.2 Å². The van der Waals surface area contributed by atoms with E-state index in [1.54, 1.807) is 29.2 Å². The lowest BCUT2D eigenvalue weighted by Gasteiger charge is -2.32. The summed E-state index contributed by atoms with van der Waals surface area (Å²) in [4.78, 5) is 28.5. The van der Waals surface area contributed by atoms with Gasteiger partial charge in [0, 0.05) is 25.6 Å². The molecule has 0 spiro atoms. The van der Waals surface area contributed by atoms with E-state index in [0.717, 1.165) is 37.5 Å². The van der Waals surface area contributed by atoms with Gasteiger partial charge in [-0.1, -0.05) is 50.1 Å². The molecule has 0 unspecified atom stereocenters.